The number of nitrogens with one attached hydrogen (secondary N) is 3. The molecular formula is C53H52N4O7. The number of benzene rings is 6. The van der Waals surface area contributed by atoms with E-state index in [0.717, 1.165) is 104 Å². The van der Waals surface area contributed by atoms with Crippen LogP contribution in [0.2, 0.25) is 0 Å². The third-order valence-electron chi connectivity index (χ3n) is 12.8. The lowest BCUT2D eigenvalue weighted by molar-refractivity contribution is -0.121. The van der Waals surface area contributed by atoms with Gasteiger partial charge >= 0.3 is 0 Å². The third-order valence-corrected chi connectivity index (χ3v) is 12.8. The number of amides is 3. The Balaban J connectivity index is 0.000000163. The lowest BCUT2D eigenvalue weighted by Gasteiger charge is -2.17. The Labute approximate surface area is 373 Å². The van der Waals surface area contributed by atoms with E-state index >= 15 is 0 Å². The molecular weight excluding hydrogens is 805 g/mol. The van der Waals surface area contributed by atoms with E-state index in [1.807, 2.05) is 104 Å². The summed E-state index contributed by atoms with van der Waals surface area (Å²) < 4.78 is 21.8. The van der Waals surface area contributed by atoms with Crippen LogP contribution in [0.15, 0.2) is 121 Å². The number of hydrogen-bond donors (Lipinski definition) is 4. The largest absolute Gasteiger partial charge is 0.454 e. The Morgan fingerprint density at radius 1 is 0.547 bits per heavy atom. The summed E-state index contributed by atoms with van der Waals surface area (Å²) in [6.07, 6.45) is 3.77. The van der Waals surface area contributed by atoms with Gasteiger partial charge in [0.15, 0.2) is 23.0 Å². The molecule has 0 radical (unpaired) electrons. The molecule has 6 aromatic carbocycles. The molecule has 10 rings (SSSR count). The van der Waals surface area contributed by atoms with Crippen molar-refractivity contribution in [2.24, 2.45) is 5.73 Å². The molecule has 0 unspecified atom stereocenters. The summed E-state index contributed by atoms with van der Waals surface area (Å²) in [6, 6.07) is 40.0. The van der Waals surface area contributed by atoms with Crippen molar-refractivity contribution in [3.8, 4) is 45.3 Å². The van der Waals surface area contributed by atoms with Crippen molar-refractivity contribution in [2.75, 3.05) is 24.2 Å². The molecule has 0 atom stereocenters. The molecule has 3 amide bonds. The van der Waals surface area contributed by atoms with Crippen LogP contribution in [0.25, 0.3) is 22.3 Å². The van der Waals surface area contributed by atoms with E-state index in [0.29, 0.717) is 31.0 Å². The van der Waals surface area contributed by atoms with Gasteiger partial charge in [-0.05, 0) is 144 Å². The van der Waals surface area contributed by atoms with Gasteiger partial charge in [0.25, 0.3) is 0 Å². The van der Waals surface area contributed by atoms with E-state index in [1.54, 1.807) is 0 Å². The van der Waals surface area contributed by atoms with Gasteiger partial charge in [-0.15, -0.1) is 0 Å². The third kappa shape index (κ3) is 8.63. The molecule has 2 saturated carbocycles. The zero-order valence-electron chi connectivity index (χ0n) is 36.3. The summed E-state index contributed by atoms with van der Waals surface area (Å²) in [4.78, 5) is 38.0. The van der Waals surface area contributed by atoms with Crippen LogP contribution in [0.3, 0.4) is 0 Å². The molecule has 0 saturated heterocycles. The Bertz CT molecular complexity index is 2740. The van der Waals surface area contributed by atoms with E-state index in [-0.39, 0.29) is 31.3 Å². The van der Waals surface area contributed by atoms with Gasteiger partial charge in [-0.1, -0.05) is 79.7 Å². The van der Waals surface area contributed by atoms with Crippen molar-refractivity contribution < 1.29 is 33.3 Å². The highest BCUT2D eigenvalue weighted by atomic mass is 16.7. The number of nitrogens with two attached hydrogens (primary N) is 1. The lowest BCUT2D eigenvalue weighted by atomic mass is 9.94. The van der Waals surface area contributed by atoms with Crippen molar-refractivity contribution in [1.29, 1.82) is 0 Å². The first-order valence-electron chi connectivity index (χ1n) is 21.9. The Morgan fingerprint density at radius 2 is 0.984 bits per heavy atom. The van der Waals surface area contributed by atoms with Crippen LogP contribution < -0.4 is 40.6 Å². The minimum absolute atomic E-state index is 0.00295. The van der Waals surface area contributed by atoms with Gasteiger partial charge in [0.1, 0.15) is 0 Å². The fourth-order valence-corrected chi connectivity index (χ4v) is 8.40. The van der Waals surface area contributed by atoms with Crippen molar-refractivity contribution in [3.63, 3.8) is 0 Å². The summed E-state index contributed by atoms with van der Waals surface area (Å²) in [5.74, 6) is 2.94. The first kappa shape index (κ1) is 42.2. The smallest absolute Gasteiger partial charge is 0.235 e. The number of anilines is 2. The van der Waals surface area contributed by atoms with Crippen LogP contribution in [0.4, 0.5) is 11.4 Å². The molecule has 2 fully saturated rings. The molecule has 5 N–H and O–H groups in total. The van der Waals surface area contributed by atoms with Crippen LogP contribution in [0, 0.1) is 13.8 Å². The first-order valence-corrected chi connectivity index (χ1v) is 21.9. The molecule has 6 aromatic rings. The lowest BCUT2D eigenvalue weighted by Crippen LogP contribution is -2.27. The van der Waals surface area contributed by atoms with E-state index in [9.17, 15) is 14.4 Å². The van der Waals surface area contributed by atoms with Gasteiger partial charge in [-0.25, -0.2) is 0 Å². The number of fused-ring (bicyclic) bond motifs is 2. The highest BCUT2D eigenvalue weighted by Crippen LogP contribution is 2.52. The predicted octanol–water partition coefficient (Wildman–Crippen LogP) is 9.61. The number of carbonyl (C=O) groups excluding carboxylic acids is 3. The summed E-state index contributed by atoms with van der Waals surface area (Å²) >= 11 is 0. The van der Waals surface area contributed by atoms with Gasteiger partial charge in [-0.2, -0.15) is 0 Å². The molecule has 64 heavy (non-hydrogen) atoms. The first-order chi connectivity index (χ1) is 31.1. The predicted molar refractivity (Wildman–Crippen MR) is 247 cm³/mol. The maximum Gasteiger partial charge on any atom is 0.235 e. The maximum atomic E-state index is 13.3. The Kier molecular flexibility index (Phi) is 11.6. The topological polar surface area (TPSA) is 150 Å². The highest BCUT2D eigenvalue weighted by molar-refractivity contribution is 6.03. The molecule has 2 aliphatic heterocycles. The van der Waals surface area contributed by atoms with E-state index in [1.165, 1.54) is 0 Å². The molecule has 2 aliphatic carbocycles. The zero-order valence-corrected chi connectivity index (χ0v) is 36.3. The minimum Gasteiger partial charge on any atom is -0.454 e. The molecule has 2 heterocycles. The average Bonchev–Trinajstić information content (AvgIpc) is 4.22. The fourth-order valence-electron chi connectivity index (χ4n) is 8.40. The van der Waals surface area contributed by atoms with Crippen molar-refractivity contribution in [2.45, 2.75) is 76.8 Å². The van der Waals surface area contributed by atoms with Crippen LogP contribution >= 0.6 is 0 Å². The van der Waals surface area contributed by atoms with Crippen LogP contribution in [-0.2, 0) is 38.3 Å². The van der Waals surface area contributed by atoms with Gasteiger partial charge in [0.05, 0.1) is 10.8 Å². The van der Waals surface area contributed by atoms with E-state index in [2.05, 4.69) is 54.1 Å². The summed E-state index contributed by atoms with van der Waals surface area (Å²) in [5.41, 5.74) is 17.0. The van der Waals surface area contributed by atoms with Gasteiger partial charge in [0.2, 0.25) is 31.3 Å². The SMILES string of the molecule is CCC(=O)NCc1ccc(-c2cc(NC(=O)C3(c4ccc5c(c4)OCO5)CC3)ccc2C)cc1.Cc1ccc(NC(=O)C2(c3ccc4c(c3)OCO4)CC2)cc1-c1ccc(CN)cc1. The second-order valence-corrected chi connectivity index (χ2v) is 17.0. The standard InChI is InChI=1S/C28H28N2O4.C25H24N2O3/c1-3-26(31)29-16-19-5-7-20(8-6-19)23-15-22(10-4-18(23)2)30-27(32)28(12-13-28)21-9-11-24-25(14-21)34-17-33-24;1-16-2-8-20(13-21(16)18-5-3-17(14-26)4-6-18)27-24(28)25(10-11-25)19-7-9-22-23(12-19)30-15-29-22/h4-11,14-15H,3,12-13,16-17H2,1-2H3,(H,29,31)(H,30,32);2-9,12-13H,10-11,14-15,26H2,1H3,(H,27,28). The minimum atomic E-state index is -0.517. The Hall–Kier alpha value is -7.11. The molecule has 11 nitrogen and oxygen atoms in total. The number of carbonyl (C=O) groups is 3. The van der Waals surface area contributed by atoms with E-state index < -0.39 is 10.8 Å². The zero-order chi connectivity index (χ0) is 44.4. The quantitative estimate of drug-likeness (QED) is 0.0951. The van der Waals surface area contributed by atoms with Crippen molar-refractivity contribution in [1.82, 2.24) is 5.32 Å². The highest BCUT2D eigenvalue weighted by Gasteiger charge is 2.52. The second-order valence-electron chi connectivity index (χ2n) is 17.0. The average molecular weight is 857 g/mol. The normalized spacial score (nSPS) is 15.3. The fraction of sp³-hybridized carbons (Fsp3) is 0.264. The molecule has 4 aliphatic rings. The summed E-state index contributed by atoms with van der Waals surface area (Å²) in [5, 5.41) is 9.18. The number of ether oxygens (including phenoxy) is 4. The molecule has 11 heteroatoms. The molecule has 326 valence electrons. The van der Waals surface area contributed by atoms with Crippen LogP contribution in [-0.4, -0.2) is 31.3 Å². The molecule has 0 aromatic heterocycles. The summed E-state index contributed by atoms with van der Waals surface area (Å²) in [7, 11) is 0. The number of hydrogen-bond acceptors (Lipinski definition) is 8. The van der Waals surface area contributed by atoms with Gasteiger partial charge in [-0.3, -0.25) is 14.4 Å². The van der Waals surface area contributed by atoms with Crippen LogP contribution in [0.1, 0.15) is 72.4 Å². The van der Waals surface area contributed by atoms with E-state index in [4.69, 9.17) is 24.7 Å². The monoisotopic (exact) mass is 856 g/mol. The van der Waals surface area contributed by atoms with Crippen molar-refractivity contribution >= 4 is 29.1 Å². The van der Waals surface area contributed by atoms with Gasteiger partial charge in [0, 0.05) is 30.9 Å². The van der Waals surface area contributed by atoms with Gasteiger partial charge < -0.3 is 40.6 Å². The van der Waals surface area contributed by atoms with Crippen LogP contribution in [0.5, 0.6) is 23.0 Å². The second kappa shape index (κ2) is 17.6. The number of aryl methyl sites for hydroxylation is 2. The summed E-state index contributed by atoms with van der Waals surface area (Å²) in [6.45, 7) is 7.47. The van der Waals surface area contributed by atoms with Crippen molar-refractivity contribution in [3.05, 3.63) is 155 Å². The molecule has 0 spiro atoms. The number of rotatable bonds is 12. The molecule has 0 bridgehead atoms. The maximum absolute atomic E-state index is 13.3. The Morgan fingerprint density at radius 3 is 1.41 bits per heavy atom.